The van der Waals surface area contributed by atoms with Crippen molar-refractivity contribution in [2.75, 3.05) is 5.75 Å². The Balaban J connectivity index is 1.77. The normalized spacial score (nSPS) is 16.1. The molecule has 4 rings (SSSR count). The molecule has 1 aliphatic heterocycles. The average molecular weight is 416 g/mol. The molecule has 1 atom stereocenters. The lowest BCUT2D eigenvalue weighted by Crippen LogP contribution is -1.96. The molecule has 0 saturated heterocycles. The summed E-state index contributed by atoms with van der Waals surface area (Å²) >= 11 is 16.1. The molecule has 0 spiro atoms. The Labute approximate surface area is 149 Å². The highest BCUT2D eigenvalue weighted by atomic mass is 79.9. The van der Waals surface area contributed by atoms with Crippen molar-refractivity contribution in [3.8, 4) is 0 Å². The first-order chi connectivity index (χ1) is 10.2. The van der Waals surface area contributed by atoms with Crippen LogP contribution in [0.25, 0.3) is 10.1 Å². The highest BCUT2D eigenvalue weighted by molar-refractivity contribution is 9.10. The third kappa shape index (κ3) is 2.59. The first kappa shape index (κ1) is 14.6. The first-order valence-corrected chi connectivity index (χ1v) is 10.8. The summed E-state index contributed by atoms with van der Waals surface area (Å²) in [4.78, 5) is 2.83. The number of thioether (sulfide) groups is 1. The highest BCUT2D eigenvalue weighted by Crippen LogP contribution is 2.43. The van der Waals surface area contributed by atoms with Crippen LogP contribution in [0.2, 0.25) is 0 Å². The van der Waals surface area contributed by atoms with Crippen LogP contribution in [0, 0.1) is 0 Å². The van der Waals surface area contributed by atoms with Crippen molar-refractivity contribution in [1.82, 2.24) is 0 Å². The maximum absolute atomic E-state index is 6.82. The summed E-state index contributed by atoms with van der Waals surface area (Å²) in [5.74, 6) is 2.39. The molecule has 0 fully saturated rings. The number of halogens is 2. The fourth-order valence-corrected chi connectivity index (χ4v) is 7.16. The number of hydrogen-bond acceptors (Lipinski definition) is 3. The summed E-state index contributed by atoms with van der Waals surface area (Å²) in [5, 5.41) is 3.45. The van der Waals surface area contributed by atoms with Crippen LogP contribution in [0.1, 0.15) is 26.3 Å². The summed E-state index contributed by atoms with van der Waals surface area (Å²) in [7, 11) is 0. The van der Waals surface area contributed by atoms with Crippen molar-refractivity contribution in [2.45, 2.75) is 17.6 Å². The summed E-state index contributed by atoms with van der Waals surface area (Å²) in [6.45, 7) is 0. The molecule has 1 aliphatic rings. The third-order valence-corrected chi connectivity index (χ3v) is 8.63. The highest BCUT2D eigenvalue weighted by Gasteiger charge is 2.21. The van der Waals surface area contributed by atoms with Crippen molar-refractivity contribution in [3.63, 3.8) is 0 Å². The van der Waals surface area contributed by atoms with Gasteiger partial charge in [0.15, 0.2) is 0 Å². The van der Waals surface area contributed by atoms with E-state index in [1.807, 2.05) is 23.1 Å². The van der Waals surface area contributed by atoms with Gasteiger partial charge in [0.25, 0.3) is 0 Å². The van der Waals surface area contributed by atoms with E-state index >= 15 is 0 Å². The fourth-order valence-electron chi connectivity index (χ4n) is 2.69. The molecule has 1 aromatic carbocycles. The molecule has 0 N–H and O–H groups in total. The van der Waals surface area contributed by atoms with Gasteiger partial charge in [0.1, 0.15) is 0 Å². The molecule has 2 aromatic heterocycles. The zero-order valence-electron chi connectivity index (χ0n) is 11.1. The minimum absolute atomic E-state index is 0.0337. The maximum Gasteiger partial charge on any atom is 0.0941 e. The molecule has 0 saturated carbocycles. The maximum atomic E-state index is 6.82. The van der Waals surface area contributed by atoms with Crippen LogP contribution in [-0.4, -0.2) is 5.75 Å². The lowest BCUT2D eigenvalue weighted by molar-refractivity contribution is 1.13. The quantitative estimate of drug-likeness (QED) is 0.413. The summed E-state index contributed by atoms with van der Waals surface area (Å²) < 4.78 is 2.44. The van der Waals surface area contributed by atoms with Crippen LogP contribution in [0.4, 0.5) is 0 Å². The van der Waals surface area contributed by atoms with E-state index in [1.54, 1.807) is 11.3 Å². The van der Waals surface area contributed by atoms with E-state index in [0.717, 1.165) is 10.2 Å². The van der Waals surface area contributed by atoms with Crippen LogP contribution in [0.15, 0.2) is 34.1 Å². The molecule has 21 heavy (non-hydrogen) atoms. The summed E-state index contributed by atoms with van der Waals surface area (Å²) in [5.41, 5.74) is 2.74. The van der Waals surface area contributed by atoms with Crippen LogP contribution in [0.3, 0.4) is 0 Å². The van der Waals surface area contributed by atoms with E-state index in [2.05, 4.69) is 45.6 Å². The number of hydrogen-bond donors (Lipinski definition) is 0. The van der Waals surface area contributed by atoms with E-state index in [9.17, 15) is 0 Å². The molecule has 3 aromatic rings. The van der Waals surface area contributed by atoms with Gasteiger partial charge in [-0.25, -0.2) is 0 Å². The van der Waals surface area contributed by atoms with E-state index in [4.69, 9.17) is 11.6 Å². The second kappa shape index (κ2) is 5.89. The fraction of sp³-hybridized carbons (Fsp3) is 0.250. The van der Waals surface area contributed by atoms with Gasteiger partial charge < -0.3 is 0 Å². The van der Waals surface area contributed by atoms with Crippen LogP contribution >= 0.6 is 62.0 Å². The minimum atomic E-state index is -0.0337. The van der Waals surface area contributed by atoms with E-state index in [-0.39, 0.29) is 5.38 Å². The van der Waals surface area contributed by atoms with Crippen molar-refractivity contribution in [2.24, 2.45) is 0 Å². The van der Waals surface area contributed by atoms with E-state index < -0.39 is 0 Å². The van der Waals surface area contributed by atoms with Crippen LogP contribution in [0.5, 0.6) is 0 Å². The third-order valence-electron chi connectivity index (χ3n) is 3.75. The zero-order valence-corrected chi connectivity index (χ0v) is 15.9. The Morgan fingerprint density at radius 3 is 3.05 bits per heavy atom. The molecular formula is C16H12BrClS3. The minimum Gasteiger partial charge on any atom is -0.157 e. The lowest BCUT2D eigenvalue weighted by Gasteiger charge is -2.08. The van der Waals surface area contributed by atoms with Crippen molar-refractivity contribution in [3.05, 3.63) is 55.0 Å². The number of alkyl halides is 1. The molecule has 0 amide bonds. The largest absolute Gasteiger partial charge is 0.157 e. The molecule has 3 heterocycles. The molecule has 5 heteroatoms. The molecule has 1 unspecified atom stereocenters. The SMILES string of the molecule is ClC(c1cc2c(s1)CCSC2)c1csc2c(Br)cccc12. The standard InChI is InChI=1S/C16H12BrClS3/c17-12-3-1-2-10-11(8-20-16(10)12)15(18)14-6-9-7-19-5-4-13(9)21-14/h1-3,6,8,15H,4-5,7H2. The topological polar surface area (TPSA) is 0 Å². The summed E-state index contributed by atoms with van der Waals surface area (Å²) in [6.07, 6.45) is 1.20. The monoisotopic (exact) mass is 414 g/mol. The van der Waals surface area contributed by atoms with Crippen molar-refractivity contribution < 1.29 is 0 Å². The second-order valence-corrected chi connectivity index (χ2v) is 9.51. The summed E-state index contributed by atoms with van der Waals surface area (Å²) in [6, 6.07) is 8.67. The smallest absolute Gasteiger partial charge is 0.0941 e. The Kier molecular flexibility index (Phi) is 4.09. The predicted molar refractivity (Wildman–Crippen MR) is 101 cm³/mol. The number of fused-ring (bicyclic) bond motifs is 2. The number of aryl methyl sites for hydroxylation is 1. The van der Waals surface area contributed by atoms with Gasteiger partial charge in [0.2, 0.25) is 0 Å². The van der Waals surface area contributed by atoms with E-state index in [1.165, 1.54) is 43.1 Å². The Morgan fingerprint density at radius 2 is 2.19 bits per heavy atom. The molecule has 0 radical (unpaired) electrons. The van der Waals surface area contributed by atoms with Crippen molar-refractivity contribution >= 4 is 72.1 Å². The molecule has 0 aliphatic carbocycles. The lowest BCUT2D eigenvalue weighted by atomic mass is 10.1. The Morgan fingerprint density at radius 1 is 1.29 bits per heavy atom. The average Bonchev–Trinajstić information content (AvgIpc) is 3.11. The number of benzene rings is 1. The van der Waals surface area contributed by atoms with E-state index in [0.29, 0.717) is 0 Å². The van der Waals surface area contributed by atoms with Crippen LogP contribution in [-0.2, 0) is 12.2 Å². The van der Waals surface area contributed by atoms with Crippen LogP contribution < -0.4 is 0 Å². The zero-order chi connectivity index (χ0) is 14.4. The van der Waals surface area contributed by atoms with Gasteiger partial charge in [0, 0.05) is 24.7 Å². The van der Waals surface area contributed by atoms with Gasteiger partial charge in [-0.15, -0.1) is 34.3 Å². The Bertz CT molecular complexity index is 782. The van der Waals surface area contributed by atoms with Crippen molar-refractivity contribution in [1.29, 1.82) is 0 Å². The Hall–Kier alpha value is -0.000000000000000111. The molecular weight excluding hydrogens is 404 g/mol. The van der Waals surface area contributed by atoms with Gasteiger partial charge in [-0.05, 0) is 62.1 Å². The molecule has 108 valence electrons. The number of thiophene rings is 2. The molecule has 0 nitrogen and oxygen atoms in total. The second-order valence-electron chi connectivity index (χ2n) is 5.07. The van der Waals surface area contributed by atoms with Gasteiger partial charge >= 0.3 is 0 Å². The van der Waals surface area contributed by atoms with Gasteiger partial charge in [-0.2, -0.15) is 11.8 Å². The number of rotatable bonds is 2. The van der Waals surface area contributed by atoms with Gasteiger partial charge in [0.05, 0.1) is 5.38 Å². The first-order valence-electron chi connectivity index (χ1n) is 6.73. The predicted octanol–water partition coefficient (Wildman–Crippen LogP) is 6.84. The molecule has 0 bridgehead atoms. The van der Waals surface area contributed by atoms with Gasteiger partial charge in [-0.3, -0.25) is 0 Å². The van der Waals surface area contributed by atoms with Gasteiger partial charge in [-0.1, -0.05) is 12.1 Å².